The number of fused-ring (bicyclic) bond motifs is 1. The summed E-state index contributed by atoms with van der Waals surface area (Å²) in [6.45, 7) is 6.65. The number of amides is 2. The second kappa shape index (κ2) is 8.40. The first kappa shape index (κ1) is 20.7. The summed E-state index contributed by atoms with van der Waals surface area (Å²) < 4.78 is 16.9. The Balaban J connectivity index is 1.44. The zero-order chi connectivity index (χ0) is 22.2. The first-order valence-electron chi connectivity index (χ1n) is 10.5. The Morgan fingerprint density at radius 3 is 2.62 bits per heavy atom. The lowest BCUT2D eigenvalue weighted by atomic mass is 10.1. The molecule has 0 radical (unpaired) electrons. The first-order chi connectivity index (χ1) is 15.5. The minimum absolute atomic E-state index is 0.259. The molecule has 2 aliphatic rings. The predicted octanol–water partition coefficient (Wildman–Crippen LogP) is 3.63. The summed E-state index contributed by atoms with van der Waals surface area (Å²) in [6.07, 6.45) is 3.33. The number of imidazole rings is 1. The van der Waals surface area contributed by atoms with Gasteiger partial charge in [-0.15, -0.1) is 0 Å². The second-order valence-electron chi connectivity index (χ2n) is 7.77. The smallest absolute Gasteiger partial charge is 0.290 e. The van der Waals surface area contributed by atoms with Crippen LogP contribution in [0.4, 0.5) is 14.9 Å². The maximum absolute atomic E-state index is 15.1. The molecule has 2 amide bonds. The molecule has 2 fully saturated rings. The number of likely N-dealkylation sites (N-methyl/N-ethyl adjacent to an activating group) is 1. The molecule has 0 spiro atoms. The molecule has 5 rings (SSSR count). The number of carbonyl (C=O) groups excluding carboxylic acids is 2. The van der Waals surface area contributed by atoms with Gasteiger partial charge in [-0.05, 0) is 54.2 Å². The van der Waals surface area contributed by atoms with Gasteiger partial charge in [-0.3, -0.25) is 19.5 Å². The zero-order valence-corrected chi connectivity index (χ0v) is 18.4. The van der Waals surface area contributed by atoms with Crippen LogP contribution in [0.1, 0.15) is 12.5 Å². The number of aromatic nitrogens is 2. The molecule has 0 unspecified atom stereocenters. The predicted molar refractivity (Wildman–Crippen MR) is 124 cm³/mol. The molecular formula is C23H22FN5O2S. The van der Waals surface area contributed by atoms with Crippen molar-refractivity contribution in [3.63, 3.8) is 0 Å². The van der Waals surface area contributed by atoms with Crippen molar-refractivity contribution in [1.82, 2.24) is 19.8 Å². The number of benzene rings is 2. The van der Waals surface area contributed by atoms with Gasteiger partial charge in [0, 0.05) is 32.2 Å². The Bertz CT molecular complexity index is 1250. The number of thioether (sulfide) groups is 1. The van der Waals surface area contributed by atoms with Gasteiger partial charge in [0.1, 0.15) is 12.1 Å². The number of piperazine rings is 1. The highest BCUT2D eigenvalue weighted by Crippen LogP contribution is 2.29. The van der Waals surface area contributed by atoms with Gasteiger partial charge in [-0.1, -0.05) is 13.0 Å². The van der Waals surface area contributed by atoms with Crippen LogP contribution >= 0.6 is 11.8 Å². The van der Waals surface area contributed by atoms with E-state index in [-0.39, 0.29) is 11.1 Å². The molecule has 1 N–H and O–H groups in total. The monoisotopic (exact) mass is 451 g/mol. The lowest BCUT2D eigenvalue weighted by Crippen LogP contribution is -2.46. The molecule has 2 saturated heterocycles. The van der Waals surface area contributed by atoms with Crippen molar-refractivity contribution in [3.05, 3.63) is 59.0 Å². The lowest BCUT2D eigenvalue weighted by Gasteiger charge is -2.35. The molecule has 3 aromatic rings. The molecule has 2 aromatic carbocycles. The molecule has 7 nitrogen and oxygen atoms in total. The van der Waals surface area contributed by atoms with E-state index in [1.807, 2.05) is 34.9 Å². The molecule has 2 aliphatic heterocycles. The van der Waals surface area contributed by atoms with Crippen LogP contribution in [-0.4, -0.2) is 58.3 Å². The van der Waals surface area contributed by atoms with Crippen molar-refractivity contribution in [2.24, 2.45) is 0 Å². The van der Waals surface area contributed by atoms with Crippen molar-refractivity contribution < 1.29 is 14.0 Å². The van der Waals surface area contributed by atoms with Gasteiger partial charge in [-0.25, -0.2) is 9.37 Å². The van der Waals surface area contributed by atoms with Crippen molar-refractivity contribution in [2.45, 2.75) is 6.92 Å². The first-order valence-corrected chi connectivity index (χ1v) is 11.3. The van der Waals surface area contributed by atoms with Gasteiger partial charge in [0.2, 0.25) is 0 Å². The number of hydrogen-bond donors (Lipinski definition) is 1. The lowest BCUT2D eigenvalue weighted by molar-refractivity contribution is -0.115. The van der Waals surface area contributed by atoms with Crippen molar-refractivity contribution in [1.29, 1.82) is 0 Å². The van der Waals surface area contributed by atoms with Crippen LogP contribution in [0.15, 0.2) is 47.6 Å². The average Bonchev–Trinajstić information content (AvgIpc) is 3.35. The van der Waals surface area contributed by atoms with Crippen LogP contribution < -0.4 is 10.2 Å². The molecule has 9 heteroatoms. The Kier molecular flexibility index (Phi) is 5.44. The Hall–Kier alpha value is -3.17. The van der Waals surface area contributed by atoms with E-state index in [9.17, 15) is 9.59 Å². The van der Waals surface area contributed by atoms with Gasteiger partial charge in [0.15, 0.2) is 0 Å². The van der Waals surface area contributed by atoms with E-state index in [0.717, 1.165) is 61.1 Å². The standard InChI is InChI=1S/C23H22FN5O2S/c1-2-27-7-9-28(10-8-27)19-6-4-16(13-17(19)24)29-14-25-18-5-3-15(11-20(18)29)12-21-22(30)26-23(31)32-21/h3-6,11-14H,2,7-10H2,1H3,(H,26,30,31)/b21-12-. The quantitative estimate of drug-likeness (QED) is 0.611. The molecule has 3 heterocycles. The number of nitrogens with zero attached hydrogens (tertiary/aromatic N) is 4. The van der Waals surface area contributed by atoms with E-state index in [1.165, 1.54) is 6.07 Å². The highest BCUT2D eigenvalue weighted by Gasteiger charge is 2.25. The van der Waals surface area contributed by atoms with E-state index in [0.29, 0.717) is 16.3 Å². The molecule has 1 aromatic heterocycles. The third kappa shape index (κ3) is 3.89. The highest BCUT2D eigenvalue weighted by atomic mass is 32.2. The van der Waals surface area contributed by atoms with Gasteiger partial charge in [0.25, 0.3) is 11.1 Å². The van der Waals surface area contributed by atoms with Gasteiger partial charge >= 0.3 is 0 Å². The topological polar surface area (TPSA) is 70.5 Å². The van der Waals surface area contributed by atoms with Crippen LogP contribution in [0, 0.1) is 5.82 Å². The number of imide groups is 1. The number of nitrogens with one attached hydrogen (secondary N) is 1. The third-order valence-electron chi connectivity index (χ3n) is 5.88. The summed E-state index contributed by atoms with van der Waals surface area (Å²) in [7, 11) is 0. The van der Waals surface area contributed by atoms with Crippen molar-refractivity contribution in [2.75, 3.05) is 37.6 Å². The molecule has 0 aliphatic carbocycles. The van der Waals surface area contributed by atoms with Crippen LogP contribution in [-0.2, 0) is 4.79 Å². The molecule has 32 heavy (non-hydrogen) atoms. The summed E-state index contributed by atoms with van der Waals surface area (Å²) in [4.78, 5) is 32.5. The highest BCUT2D eigenvalue weighted by molar-refractivity contribution is 8.18. The number of rotatable bonds is 4. The minimum Gasteiger partial charge on any atom is -0.367 e. The van der Waals surface area contributed by atoms with E-state index in [2.05, 4.69) is 27.0 Å². The minimum atomic E-state index is -0.397. The fourth-order valence-electron chi connectivity index (χ4n) is 4.10. The van der Waals surface area contributed by atoms with Gasteiger partial charge in [0.05, 0.1) is 27.3 Å². The SMILES string of the molecule is CCN1CCN(c2ccc(-n3cnc4ccc(/C=C5\SC(=O)NC5=O)cc43)cc2F)CC1. The van der Waals surface area contributed by atoms with E-state index >= 15 is 4.39 Å². The fourth-order valence-corrected chi connectivity index (χ4v) is 4.78. The molecule has 0 bridgehead atoms. The van der Waals surface area contributed by atoms with Gasteiger partial charge in [-0.2, -0.15) is 0 Å². The molecule has 164 valence electrons. The normalized spacial score (nSPS) is 18.7. The summed E-state index contributed by atoms with van der Waals surface area (Å²) in [5.41, 5.74) is 3.60. The molecule has 0 atom stereocenters. The second-order valence-corrected chi connectivity index (χ2v) is 8.79. The maximum atomic E-state index is 15.1. The number of anilines is 1. The summed E-state index contributed by atoms with van der Waals surface area (Å²) in [5.74, 6) is -0.656. The van der Waals surface area contributed by atoms with Crippen LogP contribution in [0.2, 0.25) is 0 Å². The largest absolute Gasteiger partial charge is 0.367 e. The average molecular weight is 452 g/mol. The fraction of sp³-hybridized carbons (Fsp3) is 0.261. The number of hydrogen-bond acceptors (Lipinski definition) is 6. The zero-order valence-electron chi connectivity index (χ0n) is 17.5. The number of halogens is 1. The van der Waals surface area contributed by atoms with Crippen LogP contribution in [0.25, 0.3) is 22.8 Å². The van der Waals surface area contributed by atoms with E-state index in [1.54, 1.807) is 12.4 Å². The van der Waals surface area contributed by atoms with E-state index < -0.39 is 5.91 Å². The Morgan fingerprint density at radius 1 is 1.12 bits per heavy atom. The van der Waals surface area contributed by atoms with Crippen LogP contribution in [0.5, 0.6) is 0 Å². The van der Waals surface area contributed by atoms with Crippen LogP contribution in [0.3, 0.4) is 0 Å². The van der Waals surface area contributed by atoms with Crippen molar-refractivity contribution >= 4 is 45.7 Å². The van der Waals surface area contributed by atoms with Crippen molar-refractivity contribution in [3.8, 4) is 5.69 Å². The number of carbonyl (C=O) groups is 2. The Morgan fingerprint density at radius 2 is 1.94 bits per heavy atom. The van der Waals surface area contributed by atoms with E-state index in [4.69, 9.17) is 0 Å². The maximum Gasteiger partial charge on any atom is 0.290 e. The van der Waals surface area contributed by atoms with Gasteiger partial charge < -0.3 is 9.80 Å². The molecule has 0 saturated carbocycles. The third-order valence-corrected chi connectivity index (χ3v) is 6.69. The summed E-state index contributed by atoms with van der Waals surface area (Å²) in [5, 5.41) is 1.88. The Labute approximate surface area is 188 Å². The summed E-state index contributed by atoms with van der Waals surface area (Å²) >= 11 is 0.877. The molecular weight excluding hydrogens is 429 g/mol. The summed E-state index contributed by atoms with van der Waals surface area (Å²) in [6, 6.07) is 10.8.